The second-order valence-electron chi connectivity index (χ2n) is 9.02. The molecule has 2 aromatic rings. The number of hydrogen-bond acceptors (Lipinski definition) is 10. The molecule has 0 radical (unpaired) electrons. The first-order valence-corrected chi connectivity index (χ1v) is 12.1. The molecule has 3 heterocycles. The Morgan fingerprint density at radius 2 is 1.93 bits per heavy atom. The van der Waals surface area contributed by atoms with Gasteiger partial charge in [0, 0.05) is 32.2 Å². The standard InChI is InChI=1S/C23H23BF2N6O9/c25-12-2-1-10-7-14(24(40)41-18(10)15(12)22(37)38)29-19(34)17(16-13(26)8-11(33)9-28-16)30-23(39)32-6-5-31(4-3-27)20(35)21(32)36/h1-2,8-9,14,17,33,40H,3-7,27H2,(H,29,34)(H,30,39)(H,37,38)/t14-,17-/m0/s1. The van der Waals surface area contributed by atoms with Gasteiger partial charge in [0.1, 0.15) is 28.6 Å². The van der Waals surface area contributed by atoms with Gasteiger partial charge in [-0.05, 0) is 18.1 Å². The predicted molar refractivity (Wildman–Crippen MR) is 132 cm³/mol. The molecule has 4 rings (SSSR count). The van der Waals surface area contributed by atoms with E-state index in [4.69, 9.17) is 10.4 Å². The van der Waals surface area contributed by atoms with E-state index in [-0.39, 0.29) is 38.2 Å². The van der Waals surface area contributed by atoms with Crippen LogP contribution in [0.2, 0.25) is 0 Å². The normalized spacial score (nSPS) is 17.5. The molecular formula is C23H23BF2N6O9. The maximum Gasteiger partial charge on any atom is 0.547 e. The number of fused-ring (bicyclic) bond motifs is 1. The second kappa shape index (κ2) is 11.7. The number of nitrogens with one attached hydrogen (secondary N) is 2. The Balaban J connectivity index is 1.58. The van der Waals surface area contributed by atoms with Crippen LogP contribution in [-0.4, -0.2) is 99.0 Å². The fraction of sp³-hybridized carbons (Fsp3) is 0.304. The lowest BCUT2D eigenvalue weighted by Crippen LogP contribution is -2.60. The number of pyridine rings is 1. The van der Waals surface area contributed by atoms with Crippen LogP contribution < -0.4 is 21.0 Å². The third-order valence-corrected chi connectivity index (χ3v) is 6.36. The van der Waals surface area contributed by atoms with Gasteiger partial charge in [0.15, 0.2) is 11.9 Å². The first kappa shape index (κ1) is 29.2. The van der Waals surface area contributed by atoms with E-state index in [2.05, 4.69) is 15.6 Å². The van der Waals surface area contributed by atoms with Crippen LogP contribution in [0, 0.1) is 11.6 Å². The van der Waals surface area contributed by atoms with Crippen molar-refractivity contribution in [1.82, 2.24) is 25.4 Å². The highest BCUT2D eigenvalue weighted by Gasteiger charge is 2.42. The van der Waals surface area contributed by atoms with Crippen LogP contribution in [0.4, 0.5) is 13.6 Å². The Hall–Kier alpha value is -4.84. The summed E-state index contributed by atoms with van der Waals surface area (Å²) in [4.78, 5) is 67.9. The van der Waals surface area contributed by atoms with Crippen LogP contribution in [-0.2, 0) is 20.8 Å². The summed E-state index contributed by atoms with van der Waals surface area (Å²) in [5.41, 5.74) is 4.03. The monoisotopic (exact) mass is 576 g/mol. The first-order valence-electron chi connectivity index (χ1n) is 12.1. The predicted octanol–water partition coefficient (Wildman–Crippen LogP) is -1.72. The van der Waals surface area contributed by atoms with Gasteiger partial charge in [-0.15, -0.1) is 0 Å². The smallest absolute Gasteiger partial charge is 0.534 e. The minimum atomic E-state index is -1.95. The molecule has 15 nitrogen and oxygen atoms in total. The summed E-state index contributed by atoms with van der Waals surface area (Å²) < 4.78 is 34.0. The van der Waals surface area contributed by atoms with E-state index in [0.29, 0.717) is 11.0 Å². The molecule has 0 bridgehead atoms. The van der Waals surface area contributed by atoms with Crippen LogP contribution >= 0.6 is 0 Å². The fourth-order valence-electron chi connectivity index (χ4n) is 4.37. The fourth-order valence-corrected chi connectivity index (χ4v) is 4.37. The molecule has 1 aromatic carbocycles. The van der Waals surface area contributed by atoms with E-state index in [1.165, 1.54) is 6.07 Å². The Kier molecular flexibility index (Phi) is 8.34. The van der Waals surface area contributed by atoms with Crippen LogP contribution in [0.1, 0.15) is 27.7 Å². The number of rotatable bonds is 7. The van der Waals surface area contributed by atoms with E-state index >= 15 is 0 Å². The summed E-state index contributed by atoms with van der Waals surface area (Å²) in [7, 11) is -1.89. The number of aromatic nitrogens is 1. The van der Waals surface area contributed by atoms with Gasteiger partial charge in [0.2, 0.25) is 5.91 Å². The van der Waals surface area contributed by atoms with Crippen molar-refractivity contribution in [2.45, 2.75) is 18.4 Å². The van der Waals surface area contributed by atoms with Crippen molar-refractivity contribution in [3.63, 3.8) is 0 Å². The Morgan fingerprint density at radius 1 is 1.20 bits per heavy atom. The SMILES string of the molecule is NCCN1CCN(C(=O)N[C@H](C(=O)N[C@H]2Cc3ccc(F)c(C(=O)O)c3OB2O)c2ncc(O)cc2F)C(=O)C1=O. The molecule has 216 valence electrons. The van der Waals surface area contributed by atoms with Crippen LogP contribution in [0.15, 0.2) is 24.4 Å². The summed E-state index contributed by atoms with van der Waals surface area (Å²) in [5.74, 6) is -9.70. The third kappa shape index (κ3) is 5.87. The molecule has 0 spiro atoms. The summed E-state index contributed by atoms with van der Waals surface area (Å²) in [6.07, 6.45) is 0.535. The zero-order valence-electron chi connectivity index (χ0n) is 21.0. The molecule has 7 N–H and O–H groups in total. The molecule has 0 aliphatic carbocycles. The number of benzene rings is 1. The van der Waals surface area contributed by atoms with Gasteiger partial charge in [0.05, 0.1) is 12.1 Å². The molecular weight excluding hydrogens is 553 g/mol. The van der Waals surface area contributed by atoms with E-state index in [9.17, 15) is 48.0 Å². The Bertz CT molecular complexity index is 1430. The van der Waals surface area contributed by atoms with E-state index < -0.39 is 83.2 Å². The summed E-state index contributed by atoms with van der Waals surface area (Å²) >= 11 is 0. The van der Waals surface area contributed by atoms with Gasteiger partial charge in [-0.1, -0.05) is 6.07 Å². The van der Waals surface area contributed by atoms with E-state index in [0.717, 1.165) is 17.2 Å². The third-order valence-electron chi connectivity index (χ3n) is 6.36. The average Bonchev–Trinajstić information content (AvgIpc) is 2.90. The van der Waals surface area contributed by atoms with Gasteiger partial charge < -0.3 is 41.2 Å². The summed E-state index contributed by atoms with van der Waals surface area (Å²) in [6.45, 7) is -0.150. The summed E-state index contributed by atoms with van der Waals surface area (Å²) in [6, 6.07) is -0.518. The quantitative estimate of drug-likeness (QED) is 0.161. The lowest BCUT2D eigenvalue weighted by Gasteiger charge is -2.33. The number of aromatic hydroxyl groups is 1. The Morgan fingerprint density at radius 3 is 2.59 bits per heavy atom. The van der Waals surface area contributed by atoms with Crippen LogP contribution in [0.3, 0.4) is 0 Å². The highest BCUT2D eigenvalue weighted by molar-refractivity contribution is 6.47. The van der Waals surface area contributed by atoms with Gasteiger partial charge in [-0.2, -0.15) is 0 Å². The van der Waals surface area contributed by atoms with Crippen LogP contribution in [0.25, 0.3) is 0 Å². The number of hydrogen-bond donors (Lipinski definition) is 6. The molecule has 41 heavy (non-hydrogen) atoms. The molecule has 1 fully saturated rings. The highest BCUT2D eigenvalue weighted by atomic mass is 19.1. The number of piperazine rings is 1. The van der Waals surface area contributed by atoms with Crippen molar-refractivity contribution in [2.75, 3.05) is 26.2 Å². The van der Waals surface area contributed by atoms with Crippen LogP contribution in [0.5, 0.6) is 11.5 Å². The largest absolute Gasteiger partial charge is 0.547 e. The molecule has 1 saturated heterocycles. The van der Waals surface area contributed by atoms with Gasteiger partial charge in [-0.3, -0.25) is 24.3 Å². The summed E-state index contributed by atoms with van der Waals surface area (Å²) in [5, 5.41) is 33.8. The van der Waals surface area contributed by atoms with Crippen molar-refractivity contribution in [1.29, 1.82) is 0 Å². The number of carboxylic acids is 1. The molecule has 2 aliphatic rings. The number of urea groups is 1. The van der Waals surface area contributed by atoms with E-state index in [1.54, 1.807) is 0 Å². The number of nitrogens with two attached hydrogens (primary N) is 1. The molecule has 2 aliphatic heterocycles. The zero-order chi connectivity index (χ0) is 30.0. The molecule has 0 saturated carbocycles. The van der Waals surface area contributed by atoms with Crippen molar-refractivity contribution < 1.29 is 52.6 Å². The molecule has 2 atom stereocenters. The maximum absolute atomic E-state index is 14.8. The van der Waals surface area contributed by atoms with Crippen molar-refractivity contribution >= 4 is 36.8 Å². The minimum Gasteiger partial charge on any atom is -0.534 e. The van der Waals surface area contributed by atoms with E-state index in [1.807, 2.05) is 0 Å². The topological polar surface area (TPSA) is 225 Å². The maximum atomic E-state index is 14.8. The van der Waals surface area contributed by atoms with Gasteiger partial charge >= 0.3 is 30.9 Å². The lowest BCUT2D eigenvalue weighted by molar-refractivity contribution is -0.153. The highest BCUT2D eigenvalue weighted by Crippen LogP contribution is 2.32. The van der Waals surface area contributed by atoms with Gasteiger partial charge in [-0.25, -0.2) is 18.4 Å². The number of carbonyl (C=O) groups excluding carboxylic acids is 4. The number of aromatic carboxylic acids is 1. The average molecular weight is 576 g/mol. The van der Waals surface area contributed by atoms with Crippen molar-refractivity contribution in [3.05, 3.63) is 52.9 Å². The number of nitrogens with zero attached hydrogens (tertiary/aromatic N) is 3. The second-order valence-corrected chi connectivity index (χ2v) is 9.02. The molecule has 18 heteroatoms. The zero-order valence-corrected chi connectivity index (χ0v) is 21.0. The molecule has 1 aromatic heterocycles. The number of carboxylic acid groups (broad SMARTS) is 1. The first-order chi connectivity index (χ1) is 19.4. The number of halogens is 2. The van der Waals surface area contributed by atoms with Gasteiger partial charge in [0.25, 0.3) is 0 Å². The number of carbonyl (C=O) groups is 5. The molecule has 5 amide bonds. The van der Waals surface area contributed by atoms with Crippen molar-refractivity contribution in [2.24, 2.45) is 5.73 Å². The number of imide groups is 1. The minimum absolute atomic E-state index is 0.0399. The Labute approximate surface area is 230 Å². The molecule has 0 unspecified atom stereocenters. The lowest BCUT2D eigenvalue weighted by atomic mass is 9.72. The number of amides is 5. The van der Waals surface area contributed by atoms with Crippen molar-refractivity contribution in [3.8, 4) is 11.5 Å².